The van der Waals surface area contributed by atoms with Gasteiger partial charge in [0.25, 0.3) is 0 Å². The first-order valence-corrected chi connectivity index (χ1v) is 7.03. The normalized spacial score (nSPS) is 10.4. The van der Waals surface area contributed by atoms with Crippen LogP contribution in [-0.2, 0) is 5.75 Å². The zero-order valence-electron chi connectivity index (χ0n) is 8.49. The van der Waals surface area contributed by atoms with Crippen LogP contribution in [0.15, 0.2) is 57.9 Å². The molecule has 0 atom stereocenters. The van der Waals surface area contributed by atoms with Gasteiger partial charge in [0.15, 0.2) is 0 Å². The Balaban J connectivity index is 2.08. The molecule has 2 aromatic carbocycles. The largest absolute Gasteiger partial charge is 0.120 e. The molecule has 2 aromatic rings. The van der Waals surface area contributed by atoms with Crippen LogP contribution in [0.4, 0.5) is 0 Å². The molecule has 0 amide bonds. The van der Waals surface area contributed by atoms with Gasteiger partial charge in [0.1, 0.15) is 0 Å². The molecule has 2 rings (SSSR count). The molecule has 0 spiro atoms. The van der Waals surface area contributed by atoms with Gasteiger partial charge >= 0.3 is 0 Å². The van der Waals surface area contributed by atoms with Crippen molar-refractivity contribution in [3.05, 3.63) is 63.6 Å². The van der Waals surface area contributed by atoms with E-state index in [0.29, 0.717) is 0 Å². The topological polar surface area (TPSA) is 0 Å². The molecule has 0 nitrogen and oxygen atoms in total. The molecule has 0 radical (unpaired) electrons. The van der Waals surface area contributed by atoms with Crippen molar-refractivity contribution in [2.75, 3.05) is 0 Å². The fraction of sp³-hybridized carbons (Fsp3) is 0.0769. The van der Waals surface area contributed by atoms with E-state index in [9.17, 15) is 0 Å². The highest BCUT2D eigenvalue weighted by Crippen LogP contribution is 2.31. The Morgan fingerprint density at radius 1 is 1.06 bits per heavy atom. The number of rotatable bonds is 3. The lowest BCUT2D eigenvalue weighted by molar-refractivity contribution is 1.37. The predicted molar refractivity (Wildman–Crippen MR) is 75.2 cm³/mol. The van der Waals surface area contributed by atoms with E-state index in [1.54, 1.807) is 11.8 Å². The number of benzene rings is 2. The van der Waals surface area contributed by atoms with Gasteiger partial charge in [0.05, 0.1) is 5.02 Å². The SMILES string of the molecule is Clc1ccc(Br)cc1SCc1ccccc1. The number of hydrogen-bond donors (Lipinski definition) is 0. The molecule has 0 aliphatic rings. The van der Waals surface area contributed by atoms with E-state index in [1.165, 1.54) is 5.56 Å². The first kappa shape index (κ1) is 12.0. The van der Waals surface area contributed by atoms with Gasteiger partial charge < -0.3 is 0 Å². The van der Waals surface area contributed by atoms with E-state index in [4.69, 9.17) is 11.6 Å². The van der Waals surface area contributed by atoms with Gasteiger partial charge in [-0.2, -0.15) is 0 Å². The van der Waals surface area contributed by atoms with Crippen molar-refractivity contribution in [2.45, 2.75) is 10.6 Å². The Morgan fingerprint density at radius 3 is 2.56 bits per heavy atom. The number of hydrogen-bond acceptors (Lipinski definition) is 1. The van der Waals surface area contributed by atoms with Crippen LogP contribution < -0.4 is 0 Å². The third-order valence-electron chi connectivity index (χ3n) is 2.13. The summed E-state index contributed by atoms with van der Waals surface area (Å²) < 4.78 is 1.06. The van der Waals surface area contributed by atoms with E-state index < -0.39 is 0 Å². The van der Waals surface area contributed by atoms with Crippen molar-refractivity contribution in [1.82, 2.24) is 0 Å². The Hall–Kier alpha value is -0.440. The summed E-state index contributed by atoms with van der Waals surface area (Å²) in [5.74, 6) is 0.941. The van der Waals surface area contributed by atoms with E-state index in [1.807, 2.05) is 18.2 Å². The van der Waals surface area contributed by atoms with Crippen LogP contribution in [0.25, 0.3) is 0 Å². The van der Waals surface area contributed by atoms with Crippen LogP contribution in [-0.4, -0.2) is 0 Å². The Bertz CT molecular complexity index is 471. The number of thioether (sulfide) groups is 1. The summed E-state index contributed by atoms with van der Waals surface area (Å²) >= 11 is 11.3. The smallest absolute Gasteiger partial charge is 0.0542 e. The van der Waals surface area contributed by atoms with Gasteiger partial charge in [-0.25, -0.2) is 0 Å². The lowest BCUT2D eigenvalue weighted by atomic mass is 10.2. The van der Waals surface area contributed by atoms with Crippen molar-refractivity contribution in [3.63, 3.8) is 0 Å². The Labute approximate surface area is 113 Å². The molecule has 82 valence electrons. The third-order valence-corrected chi connectivity index (χ3v) is 4.19. The van der Waals surface area contributed by atoms with Crippen molar-refractivity contribution in [1.29, 1.82) is 0 Å². The highest BCUT2D eigenvalue weighted by Gasteiger charge is 2.02. The zero-order chi connectivity index (χ0) is 11.4. The molecule has 0 aliphatic heterocycles. The quantitative estimate of drug-likeness (QED) is 0.684. The average Bonchev–Trinajstić information content (AvgIpc) is 2.32. The molecule has 0 heterocycles. The molecule has 3 heteroatoms. The summed E-state index contributed by atoms with van der Waals surface area (Å²) in [6.07, 6.45) is 0. The summed E-state index contributed by atoms with van der Waals surface area (Å²) in [7, 11) is 0. The Morgan fingerprint density at radius 2 is 1.81 bits per heavy atom. The Kier molecular flexibility index (Phi) is 4.33. The van der Waals surface area contributed by atoms with Crippen molar-refractivity contribution < 1.29 is 0 Å². The molecule has 0 bridgehead atoms. The van der Waals surface area contributed by atoms with Gasteiger partial charge in [-0.05, 0) is 23.8 Å². The predicted octanol–water partition coefficient (Wildman–Crippen LogP) is 5.39. The van der Waals surface area contributed by atoms with Gasteiger partial charge in [-0.15, -0.1) is 11.8 Å². The summed E-state index contributed by atoms with van der Waals surface area (Å²) in [6, 6.07) is 16.3. The fourth-order valence-electron chi connectivity index (χ4n) is 1.32. The van der Waals surface area contributed by atoms with Crippen molar-refractivity contribution in [2.24, 2.45) is 0 Å². The maximum atomic E-state index is 6.12. The molecule has 0 saturated carbocycles. The zero-order valence-corrected chi connectivity index (χ0v) is 11.6. The van der Waals surface area contributed by atoms with Gasteiger partial charge in [0, 0.05) is 15.1 Å². The van der Waals surface area contributed by atoms with Crippen LogP contribution in [0.2, 0.25) is 5.02 Å². The maximum Gasteiger partial charge on any atom is 0.0542 e. The van der Waals surface area contributed by atoms with Crippen molar-refractivity contribution >= 4 is 39.3 Å². The third kappa shape index (κ3) is 3.27. The lowest BCUT2D eigenvalue weighted by Crippen LogP contribution is -1.80. The van der Waals surface area contributed by atoms with Crippen LogP contribution in [0.1, 0.15) is 5.56 Å². The highest BCUT2D eigenvalue weighted by molar-refractivity contribution is 9.10. The van der Waals surface area contributed by atoms with Crippen LogP contribution in [0, 0.1) is 0 Å². The standard InChI is InChI=1S/C13H10BrClS/c14-11-6-7-12(15)13(8-11)16-9-10-4-2-1-3-5-10/h1-8H,9H2. The molecule has 0 N–H and O–H groups in total. The van der Waals surface area contributed by atoms with E-state index >= 15 is 0 Å². The summed E-state index contributed by atoms with van der Waals surface area (Å²) in [5, 5.41) is 0.809. The van der Waals surface area contributed by atoms with E-state index in [0.717, 1.165) is 20.1 Å². The first-order valence-electron chi connectivity index (χ1n) is 4.87. The van der Waals surface area contributed by atoms with Crippen LogP contribution >= 0.6 is 39.3 Å². The van der Waals surface area contributed by atoms with Gasteiger partial charge in [-0.1, -0.05) is 57.9 Å². The minimum atomic E-state index is 0.809. The first-order chi connectivity index (χ1) is 7.75. The average molecular weight is 314 g/mol. The molecule has 16 heavy (non-hydrogen) atoms. The van der Waals surface area contributed by atoms with Crippen molar-refractivity contribution in [3.8, 4) is 0 Å². The molecule has 0 unspecified atom stereocenters. The lowest BCUT2D eigenvalue weighted by Gasteiger charge is -2.04. The summed E-state index contributed by atoms with van der Waals surface area (Å²) in [6.45, 7) is 0. The highest BCUT2D eigenvalue weighted by atomic mass is 79.9. The molecule has 0 aliphatic carbocycles. The minimum Gasteiger partial charge on any atom is -0.120 e. The fourth-order valence-corrected chi connectivity index (χ4v) is 3.05. The summed E-state index contributed by atoms with van der Waals surface area (Å²) in [5.41, 5.74) is 1.31. The molecule has 0 aromatic heterocycles. The maximum absolute atomic E-state index is 6.12. The monoisotopic (exact) mass is 312 g/mol. The van der Waals surface area contributed by atoms with Crippen LogP contribution in [0.5, 0.6) is 0 Å². The minimum absolute atomic E-state index is 0.809. The second-order valence-corrected chi connectivity index (χ2v) is 5.69. The van der Waals surface area contributed by atoms with E-state index in [2.05, 4.69) is 46.3 Å². The molecular formula is C13H10BrClS. The van der Waals surface area contributed by atoms with Gasteiger partial charge in [0.2, 0.25) is 0 Å². The van der Waals surface area contributed by atoms with Gasteiger partial charge in [-0.3, -0.25) is 0 Å². The number of halogens is 2. The summed E-state index contributed by atoms with van der Waals surface area (Å²) in [4.78, 5) is 1.11. The van der Waals surface area contributed by atoms with Crippen LogP contribution in [0.3, 0.4) is 0 Å². The molecule has 0 fully saturated rings. The second-order valence-electron chi connectivity index (χ2n) is 3.35. The second kappa shape index (κ2) is 5.76. The van der Waals surface area contributed by atoms with E-state index in [-0.39, 0.29) is 0 Å². The molecule has 0 saturated heterocycles. The molecular weight excluding hydrogens is 304 g/mol.